The van der Waals surface area contributed by atoms with Gasteiger partial charge in [-0.15, -0.1) is 0 Å². The van der Waals surface area contributed by atoms with Gasteiger partial charge in [-0.2, -0.15) is 0 Å². The smallest absolute Gasteiger partial charge is 0.336 e. The maximum Gasteiger partial charge on any atom is 0.336 e. The number of fused-ring (bicyclic) bond motifs is 2. The van der Waals surface area contributed by atoms with Crippen LogP contribution in [-0.4, -0.2) is 60.6 Å². The number of hydrogen-bond donors (Lipinski definition) is 4. The highest BCUT2D eigenvalue weighted by Gasteiger charge is 2.26. The predicted molar refractivity (Wildman–Crippen MR) is 159 cm³/mol. The number of carboxylic acids is 2. The van der Waals surface area contributed by atoms with Crippen LogP contribution in [0, 0.1) is 0 Å². The average Bonchev–Trinajstić information content (AvgIpc) is 2.99. The van der Waals surface area contributed by atoms with Gasteiger partial charge in [-0.05, 0) is 69.4 Å². The van der Waals surface area contributed by atoms with Gasteiger partial charge in [-0.1, -0.05) is 38.1 Å². The van der Waals surface area contributed by atoms with Crippen molar-refractivity contribution in [3.63, 3.8) is 0 Å². The van der Waals surface area contributed by atoms with Crippen molar-refractivity contribution in [2.24, 2.45) is 0 Å². The molecule has 0 saturated heterocycles. The van der Waals surface area contributed by atoms with Gasteiger partial charge in [-0.25, -0.2) is 9.59 Å². The highest BCUT2D eigenvalue weighted by Crippen LogP contribution is 2.44. The maximum atomic E-state index is 13.6. The van der Waals surface area contributed by atoms with Gasteiger partial charge in [0.1, 0.15) is 12.5 Å². The van der Waals surface area contributed by atoms with Crippen molar-refractivity contribution in [1.29, 1.82) is 0 Å². The van der Waals surface area contributed by atoms with Crippen LogP contribution >= 0.6 is 0 Å². The van der Waals surface area contributed by atoms with Crippen LogP contribution in [0.2, 0.25) is 0 Å². The number of nitrogens with one attached hydrogen (secondary N) is 2. The van der Waals surface area contributed by atoms with Gasteiger partial charge in [0, 0.05) is 36.1 Å². The van der Waals surface area contributed by atoms with E-state index in [9.17, 15) is 29.4 Å². The molecule has 0 heterocycles. The second-order valence-corrected chi connectivity index (χ2v) is 9.97. The normalized spacial score (nSPS) is 13.0. The lowest BCUT2D eigenvalue weighted by molar-refractivity contribution is 0.0560. The van der Waals surface area contributed by atoms with Gasteiger partial charge in [0.2, 0.25) is 0 Å². The van der Waals surface area contributed by atoms with Crippen molar-refractivity contribution in [3.05, 3.63) is 70.8 Å². The lowest BCUT2D eigenvalue weighted by Gasteiger charge is -2.22. The zero-order valence-electron chi connectivity index (χ0n) is 23.5. The third-order valence-corrected chi connectivity index (χ3v) is 7.75. The number of carbonyl (C=O) groups is 4. The molecule has 0 spiro atoms. The Morgan fingerprint density at radius 1 is 0.571 bits per heavy atom. The summed E-state index contributed by atoms with van der Waals surface area (Å²) >= 11 is 0. The standard InChI is InChI=1S/C32H30N2O8/c1-5-23(41-3)33-29(35)19-11-7-15-17-9-13-21(31(37)38)28-22(32(39)40)14-10-18(26(17)28)16-8-12-20(27(19)25(15)16)30(36)34-24(6-2)42-4/h7-14,23-24H,5-6H2,1-4H3,(H,33,35)(H,34,36)(H,37,38)(H,39,40). The van der Waals surface area contributed by atoms with E-state index >= 15 is 0 Å². The van der Waals surface area contributed by atoms with E-state index in [0.29, 0.717) is 50.5 Å². The highest BCUT2D eigenvalue weighted by atomic mass is 16.5. The first kappa shape index (κ1) is 28.7. The lowest BCUT2D eigenvalue weighted by Crippen LogP contribution is -2.37. The number of rotatable bonds is 10. The summed E-state index contributed by atoms with van der Waals surface area (Å²) in [6.07, 6.45) is -0.0413. The van der Waals surface area contributed by atoms with Crippen molar-refractivity contribution in [2.45, 2.75) is 39.1 Å². The van der Waals surface area contributed by atoms with Crippen molar-refractivity contribution in [3.8, 4) is 0 Å². The number of benzene rings is 5. The molecular weight excluding hydrogens is 540 g/mol. The fraction of sp³-hybridized carbons (Fsp3) is 0.250. The van der Waals surface area contributed by atoms with Gasteiger partial charge in [0.05, 0.1) is 11.1 Å². The van der Waals surface area contributed by atoms with E-state index in [2.05, 4.69) is 10.6 Å². The minimum absolute atomic E-state index is 0.115. The van der Waals surface area contributed by atoms with E-state index in [0.717, 1.165) is 0 Å². The summed E-state index contributed by atoms with van der Waals surface area (Å²) in [5.41, 5.74) is 0.251. The van der Waals surface area contributed by atoms with Crippen molar-refractivity contribution < 1.29 is 38.9 Å². The van der Waals surface area contributed by atoms with Crippen LogP contribution in [0.5, 0.6) is 0 Å². The first-order valence-corrected chi connectivity index (χ1v) is 13.5. The zero-order chi connectivity index (χ0) is 30.3. The van der Waals surface area contributed by atoms with Gasteiger partial charge in [0.25, 0.3) is 11.8 Å². The molecule has 0 bridgehead atoms. The Kier molecular flexibility index (Phi) is 7.68. The molecule has 2 atom stereocenters. The van der Waals surface area contributed by atoms with Crippen LogP contribution in [0.1, 0.15) is 68.1 Å². The Morgan fingerprint density at radius 2 is 0.881 bits per heavy atom. The van der Waals surface area contributed by atoms with Crippen LogP contribution < -0.4 is 10.6 Å². The summed E-state index contributed by atoms with van der Waals surface area (Å²) in [4.78, 5) is 51.6. The first-order valence-electron chi connectivity index (χ1n) is 13.5. The van der Waals surface area contributed by atoms with Crippen LogP contribution in [0.3, 0.4) is 0 Å². The largest absolute Gasteiger partial charge is 0.478 e. The fourth-order valence-electron chi connectivity index (χ4n) is 5.73. The molecule has 5 aromatic carbocycles. The highest BCUT2D eigenvalue weighted by molar-refractivity contribution is 6.38. The molecule has 2 unspecified atom stereocenters. The molecule has 0 fully saturated rings. The van der Waals surface area contributed by atoms with Crippen LogP contribution in [0.4, 0.5) is 0 Å². The summed E-state index contributed by atoms with van der Waals surface area (Å²) in [7, 11) is 2.99. The molecular formula is C32H30N2O8. The van der Waals surface area contributed by atoms with E-state index in [-0.39, 0.29) is 27.6 Å². The Morgan fingerprint density at radius 3 is 1.17 bits per heavy atom. The van der Waals surface area contributed by atoms with E-state index in [1.807, 2.05) is 13.8 Å². The molecule has 0 aliphatic carbocycles. The predicted octanol–water partition coefficient (Wildman–Crippen LogP) is 5.36. The molecule has 0 saturated carbocycles. The zero-order valence-corrected chi connectivity index (χ0v) is 23.5. The molecule has 216 valence electrons. The van der Waals surface area contributed by atoms with Crippen molar-refractivity contribution in [1.82, 2.24) is 10.6 Å². The van der Waals surface area contributed by atoms with Crippen LogP contribution in [0.25, 0.3) is 43.1 Å². The van der Waals surface area contributed by atoms with Crippen molar-refractivity contribution in [2.75, 3.05) is 14.2 Å². The molecule has 5 aromatic rings. The summed E-state index contributed by atoms with van der Waals surface area (Å²) < 4.78 is 10.7. The second kappa shape index (κ2) is 11.2. The topological polar surface area (TPSA) is 151 Å². The second-order valence-electron chi connectivity index (χ2n) is 9.97. The maximum absolute atomic E-state index is 13.6. The molecule has 10 nitrogen and oxygen atoms in total. The Balaban J connectivity index is 1.93. The molecule has 4 N–H and O–H groups in total. The molecule has 42 heavy (non-hydrogen) atoms. The van der Waals surface area contributed by atoms with Gasteiger partial charge >= 0.3 is 11.9 Å². The van der Waals surface area contributed by atoms with E-state index in [1.54, 1.807) is 36.4 Å². The number of aromatic carboxylic acids is 2. The fourth-order valence-corrected chi connectivity index (χ4v) is 5.73. The molecule has 0 aromatic heterocycles. The number of hydrogen-bond acceptors (Lipinski definition) is 6. The van der Waals surface area contributed by atoms with Crippen molar-refractivity contribution >= 4 is 66.8 Å². The van der Waals surface area contributed by atoms with Gasteiger partial charge in [0.15, 0.2) is 0 Å². The lowest BCUT2D eigenvalue weighted by atomic mass is 9.84. The molecule has 0 radical (unpaired) electrons. The molecule has 5 rings (SSSR count). The summed E-state index contributed by atoms with van der Waals surface area (Å²) in [6, 6.07) is 12.8. The number of ether oxygens (including phenoxy) is 2. The third kappa shape index (κ3) is 4.54. The summed E-state index contributed by atoms with van der Waals surface area (Å²) in [5.74, 6) is -3.36. The van der Waals surface area contributed by atoms with Crippen LogP contribution in [-0.2, 0) is 9.47 Å². The summed E-state index contributed by atoms with van der Waals surface area (Å²) in [5, 5.41) is 29.7. The van der Waals surface area contributed by atoms with E-state index < -0.39 is 36.2 Å². The number of methoxy groups -OCH3 is 2. The molecule has 2 amide bonds. The summed E-state index contributed by atoms with van der Waals surface area (Å²) in [6.45, 7) is 3.74. The van der Waals surface area contributed by atoms with Gasteiger partial charge < -0.3 is 30.3 Å². The number of carboxylic acid groups (broad SMARTS) is 2. The van der Waals surface area contributed by atoms with E-state index in [1.165, 1.54) is 26.4 Å². The average molecular weight is 571 g/mol. The monoisotopic (exact) mass is 570 g/mol. The molecule has 0 aliphatic heterocycles. The van der Waals surface area contributed by atoms with Gasteiger partial charge in [-0.3, -0.25) is 9.59 Å². The number of carbonyl (C=O) groups excluding carboxylic acids is 2. The van der Waals surface area contributed by atoms with Crippen LogP contribution in [0.15, 0.2) is 48.5 Å². The minimum atomic E-state index is -1.25. The molecule has 10 heteroatoms. The SMILES string of the molecule is CCC(NC(=O)c1ccc2c3ccc(C(=O)O)c4c(C(=O)O)ccc(c5ccc(C(=O)NC(CC)OC)c1c25)c43)OC. The van der Waals surface area contributed by atoms with E-state index in [4.69, 9.17) is 9.47 Å². The third-order valence-electron chi connectivity index (χ3n) is 7.75. The first-order chi connectivity index (χ1) is 20.2. The Bertz CT molecular complexity index is 1760. The molecule has 0 aliphatic rings. The quantitative estimate of drug-likeness (QED) is 0.0995. The number of amides is 2. The Labute approximate surface area is 240 Å². The minimum Gasteiger partial charge on any atom is -0.478 e. The Hall–Kier alpha value is -4.80.